The fourth-order valence-corrected chi connectivity index (χ4v) is 3.20. The fraction of sp³-hybridized carbons (Fsp3) is 0.524. The van der Waals surface area contributed by atoms with E-state index in [9.17, 15) is 9.90 Å². The Bertz CT molecular complexity index is 730. The van der Waals surface area contributed by atoms with Gasteiger partial charge in [0.05, 0.1) is 18.9 Å². The summed E-state index contributed by atoms with van der Waals surface area (Å²) in [6.07, 6.45) is 6.51. The summed E-state index contributed by atoms with van der Waals surface area (Å²) in [4.78, 5) is 18.4. The molecular weight excluding hydrogens is 356 g/mol. The van der Waals surface area contributed by atoms with Gasteiger partial charge in [-0.25, -0.2) is 4.98 Å². The third-order valence-electron chi connectivity index (χ3n) is 4.85. The number of aryl methyl sites for hydroxylation is 1. The van der Waals surface area contributed by atoms with Gasteiger partial charge in [-0.05, 0) is 50.8 Å². The first-order valence-corrected chi connectivity index (χ1v) is 9.96. The average molecular weight is 389 g/mol. The number of nitrogens with two attached hydrogens (primary N) is 2. The standard InChI is InChI=1S/C21H32N4O3/c1-15(26)17(21-24-14-18(25-21)20(23)27)11-10-16-8-4-5-9-19(16)28-13-7-3-2-6-12-22/h4-5,8-9,14-15,17,26H,2-3,6-7,10-13,22H2,1H3,(H2,23,27)(H,24,25)/t15-,17-/m0/s1. The van der Waals surface area contributed by atoms with Crippen molar-refractivity contribution in [2.45, 2.75) is 57.5 Å². The zero-order valence-corrected chi connectivity index (χ0v) is 16.6. The number of benzene rings is 1. The van der Waals surface area contributed by atoms with Gasteiger partial charge >= 0.3 is 0 Å². The maximum atomic E-state index is 11.3. The lowest BCUT2D eigenvalue weighted by Crippen LogP contribution is -2.18. The second kappa shape index (κ2) is 11.5. The first kappa shape index (κ1) is 21.9. The van der Waals surface area contributed by atoms with Gasteiger partial charge in [0.15, 0.2) is 0 Å². The summed E-state index contributed by atoms with van der Waals surface area (Å²) in [5.74, 6) is 0.663. The molecule has 0 bridgehead atoms. The van der Waals surface area contributed by atoms with E-state index in [2.05, 4.69) is 9.97 Å². The van der Waals surface area contributed by atoms with Gasteiger partial charge in [0.25, 0.3) is 5.91 Å². The second-order valence-electron chi connectivity index (χ2n) is 7.09. The number of hydrogen-bond acceptors (Lipinski definition) is 5. The van der Waals surface area contributed by atoms with E-state index in [4.69, 9.17) is 16.2 Å². The molecule has 2 atom stereocenters. The summed E-state index contributed by atoms with van der Waals surface area (Å²) < 4.78 is 5.97. The molecule has 0 aliphatic carbocycles. The molecule has 0 radical (unpaired) electrons. The highest BCUT2D eigenvalue weighted by atomic mass is 16.5. The van der Waals surface area contributed by atoms with Crippen LogP contribution in [0.15, 0.2) is 30.5 Å². The van der Waals surface area contributed by atoms with Crippen LogP contribution in [0.2, 0.25) is 0 Å². The number of H-pyrrole nitrogens is 1. The van der Waals surface area contributed by atoms with Crippen molar-refractivity contribution >= 4 is 5.91 Å². The maximum Gasteiger partial charge on any atom is 0.266 e. The van der Waals surface area contributed by atoms with E-state index in [0.29, 0.717) is 18.9 Å². The minimum absolute atomic E-state index is 0.225. The number of carbonyl (C=O) groups is 1. The Balaban J connectivity index is 1.94. The van der Waals surface area contributed by atoms with Crippen molar-refractivity contribution in [3.8, 4) is 5.75 Å². The Morgan fingerprint density at radius 3 is 2.68 bits per heavy atom. The number of rotatable bonds is 13. The number of primary amides is 1. The van der Waals surface area contributed by atoms with Crippen molar-refractivity contribution in [2.24, 2.45) is 11.5 Å². The predicted molar refractivity (Wildman–Crippen MR) is 109 cm³/mol. The van der Waals surface area contributed by atoms with E-state index < -0.39 is 12.0 Å². The monoisotopic (exact) mass is 388 g/mol. The zero-order valence-electron chi connectivity index (χ0n) is 16.6. The van der Waals surface area contributed by atoms with Crippen LogP contribution < -0.4 is 16.2 Å². The molecule has 1 aromatic heterocycles. The van der Waals surface area contributed by atoms with E-state index in [-0.39, 0.29) is 11.6 Å². The van der Waals surface area contributed by atoms with Crippen molar-refractivity contribution in [3.05, 3.63) is 47.5 Å². The molecule has 7 nitrogen and oxygen atoms in total. The summed E-state index contributed by atoms with van der Waals surface area (Å²) >= 11 is 0. The number of nitrogens with one attached hydrogen (secondary N) is 1. The number of nitrogens with zero attached hydrogens (tertiary/aromatic N) is 1. The number of hydrogen-bond donors (Lipinski definition) is 4. The molecule has 2 rings (SSSR count). The third kappa shape index (κ3) is 6.65. The first-order valence-electron chi connectivity index (χ1n) is 9.96. The number of carbonyl (C=O) groups excluding carboxylic acids is 1. The lowest BCUT2D eigenvalue weighted by Gasteiger charge is -2.19. The molecule has 1 heterocycles. The lowest BCUT2D eigenvalue weighted by atomic mass is 9.94. The summed E-state index contributed by atoms with van der Waals surface area (Å²) in [7, 11) is 0. The SMILES string of the molecule is C[C@H](O)[C@H](CCc1ccccc1OCCCCCCN)c1ncc(C(N)=O)[nH]1. The molecule has 7 heteroatoms. The lowest BCUT2D eigenvalue weighted by molar-refractivity contribution is 0.0995. The molecule has 0 unspecified atom stereocenters. The number of unbranched alkanes of at least 4 members (excludes halogenated alkanes) is 3. The second-order valence-corrected chi connectivity index (χ2v) is 7.09. The van der Waals surface area contributed by atoms with Crippen LogP contribution >= 0.6 is 0 Å². The smallest absolute Gasteiger partial charge is 0.266 e. The van der Waals surface area contributed by atoms with Gasteiger partial charge in [0.1, 0.15) is 17.3 Å². The van der Waals surface area contributed by atoms with Crippen LogP contribution in [0.4, 0.5) is 0 Å². The minimum Gasteiger partial charge on any atom is -0.493 e. The Hall–Kier alpha value is -2.38. The van der Waals surface area contributed by atoms with Crippen LogP contribution in [-0.2, 0) is 6.42 Å². The number of aliphatic hydroxyl groups excluding tert-OH is 1. The zero-order chi connectivity index (χ0) is 20.4. The number of ether oxygens (including phenoxy) is 1. The molecule has 0 saturated carbocycles. The predicted octanol–water partition coefficient (Wildman–Crippen LogP) is 2.50. The van der Waals surface area contributed by atoms with E-state index in [1.807, 2.05) is 24.3 Å². The first-order chi connectivity index (χ1) is 13.5. The number of amides is 1. The van der Waals surface area contributed by atoms with E-state index in [1.165, 1.54) is 6.20 Å². The van der Waals surface area contributed by atoms with Crippen molar-refractivity contribution in [3.63, 3.8) is 0 Å². The minimum atomic E-state index is -0.609. The molecule has 0 spiro atoms. The molecule has 0 aliphatic heterocycles. The van der Waals surface area contributed by atoms with Crippen LogP contribution in [-0.4, -0.2) is 40.2 Å². The molecule has 0 saturated heterocycles. The Labute approximate surface area is 166 Å². The Morgan fingerprint density at radius 1 is 1.25 bits per heavy atom. The molecular formula is C21H32N4O3. The van der Waals surface area contributed by atoms with Gasteiger partial charge in [0.2, 0.25) is 0 Å². The molecule has 2 aromatic rings. The normalized spacial score (nSPS) is 13.2. The van der Waals surface area contributed by atoms with Crippen molar-refractivity contribution < 1.29 is 14.6 Å². The van der Waals surface area contributed by atoms with Crippen LogP contribution in [0.1, 0.15) is 66.8 Å². The van der Waals surface area contributed by atoms with Gasteiger partial charge in [-0.15, -0.1) is 0 Å². The number of aromatic amines is 1. The third-order valence-corrected chi connectivity index (χ3v) is 4.85. The molecule has 1 amide bonds. The van der Waals surface area contributed by atoms with Gasteiger partial charge < -0.3 is 26.3 Å². The van der Waals surface area contributed by atoms with E-state index in [1.54, 1.807) is 6.92 Å². The molecule has 0 fully saturated rings. The average Bonchev–Trinajstić information content (AvgIpc) is 3.15. The van der Waals surface area contributed by atoms with Crippen molar-refractivity contribution in [1.82, 2.24) is 9.97 Å². The number of aromatic nitrogens is 2. The highest BCUT2D eigenvalue weighted by Crippen LogP contribution is 2.27. The number of aliphatic hydroxyl groups is 1. The summed E-state index contributed by atoms with van der Waals surface area (Å²) in [5, 5.41) is 10.2. The summed E-state index contributed by atoms with van der Waals surface area (Å²) in [6.45, 7) is 3.15. The molecule has 1 aromatic carbocycles. The molecule has 154 valence electrons. The van der Waals surface area contributed by atoms with Gasteiger partial charge in [-0.1, -0.05) is 31.0 Å². The van der Waals surface area contributed by atoms with Crippen LogP contribution in [0.5, 0.6) is 5.75 Å². The quantitative estimate of drug-likeness (QED) is 0.392. The van der Waals surface area contributed by atoms with E-state index in [0.717, 1.165) is 50.0 Å². The van der Waals surface area contributed by atoms with E-state index >= 15 is 0 Å². The van der Waals surface area contributed by atoms with Crippen LogP contribution in [0.25, 0.3) is 0 Å². The maximum absolute atomic E-state index is 11.3. The van der Waals surface area contributed by atoms with Crippen LogP contribution in [0, 0.1) is 0 Å². The topological polar surface area (TPSA) is 127 Å². The number of imidazole rings is 1. The summed E-state index contributed by atoms with van der Waals surface area (Å²) in [6, 6.07) is 7.97. The van der Waals surface area contributed by atoms with Crippen LogP contribution in [0.3, 0.4) is 0 Å². The molecule has 0 aliphatic rings. The Kier molecular flexibility index (Phi) is 8.97. The Morgan fingerprint density at radius 2 is 2.00 bits per heavy atom. The van der Waals surface area contributed by atoms with Gasteiger partial charge in [-0.2, -0.15) is 0 Å². The van der Waals surface area contributed by atoms with Crippen molar-refractivity contribution in [1.29, 1.82) is 0 Å². The van der Waals surface area contributed by atoms with Crippen molar-refractivity contribution in [2.75, 3.05) is 13.2 Å². The largest absolute Gasteiger partial charge is 0.493 e. The summed E-state index contributed by atoms with van der Waals surface area (Å²) in [5.41, 5.74) is 12.1. The van der Waals surface area contributed by atoms with Gasteiger partial charge in [0, 0.05) is 5.92 Å². The molecule has 28 heavy (non-hydrogen) atoms. The number of para-hydroxylation sites is 1. The fourth-order valence-electron chi connectivity index (χ4n) is 3.20. The van der Waals surface area contributed by atoms with Gasteiger partial charge in [-0.3, -0.25) is 4.79 Å². The highest BCUT2D eigenvalue weighted by Gasteiger charge is 2.22. The highest BCUT2D eigenvalue weighted by molar-refractivity contribution is 5.90. The molecule has 6 N–H and O–H groups in total.